The Morgan fingerprint density at radius 1 is 1.54 bits per heavy atom. The highest BCUT2D eigenvalue weighted by Gasteiger charge is 2.58. The van der Waals surface area contributed by atoms with E-state index in [1.165, 1.54) is 12.8 Å². The molecule has 2 rings (SSSR count). The van der Waals surface area contributed by atoms with Crippen LogP contribution in [-0.2, 0) is 11.1 Å². The maximum absolute atomic E-state index is 12.0. The number of fused-ring (bicyclic) bond motifs is 1. The van der Waals surface area contributed by atoms with E-state index in [0.29, 0.717) is 0 Å². The van der Waals surface area contributed by atoms with E-state index >= 15 is 0 Å². The van der Waals surface area contributed by atoms with Gasteiger partial charge in [0.15, 0.2) is 0 Å². The minimum atomic E-state index is -2.02. The Kier molecular flexibility index (Phi) is 2.07. The van der Waals surface area contributed by atoms with Crippen molar-refractivity contribution in [1.29, 1.82) is 0 Å². The molecular formula is C9H16N2OP+. The van der Waals surface area contributed by atoms with Crippen molar-refractivity contribution in [1.82, 2.24) is 4.34 Å². The zero-order valence-corrected chi connectivity index (χ0v) is 9.13. The number of aromatic nitrogens is 2. The topological polar surface area (TPSA) is 25.9 Å². The van der Waals surface area contributed by atoms with E-state index in [1.807, 2.05) is 23.7 Å². The number of unbranched alkanes of at least 4 members (excludes halogenated alkanes) is 1. The lowest BCUT2D eigenvalue weighted by Gasteiger charge is -1.93. The van der Waals surface area contributed by atoms with E-state index in [0.717, 1.165) is 18.3 Å². The molecule has 1 aromatic heterocycles. The predicted octanol–water partition coefficient (Wildman–Crippen LogP) is 1.36. The van der Waals surface area contributed by atoms with Crippen LogP contribution in [0.15, 0.2) is 12.4 Å². The number of hydrogen-bond donors (Lipinski definition) is 0. The molecule has 0 N–H and O–H groups in total. The highest BCUT2D eigenvalue weighted by molar-refractivity contribution is 7.76. The molecule has 72 valence electrons. The third-order valence-electron chi connectivity index (χ3n) is 2.65. The molecule has 0 aliphatic carbocycles. The maximum Gasteiger partial charge on any atom is 0.363 e. The first-order valence-electron chi connectivity index (χ1n) is 4.95. The highest BCUT2D eigenvalue weighted by atomic mass is 31.2. The monoisotopic (exact) mass is 199 g/mol. The van der Waals surface area contributed by atoms with Crippen molar-refractivity contribution in [2.24, 2.45) is 0 Å². The summed E-state index contributed by atoms with van der Waals surface area (Å²) in [5.74, 6) is 0. The maximum atomic E-state index is 12.0. The summed E-state index contributed by atoms with van der Waals surface area (Å²) in [4.78, 5) is 0. The molecule has 2 heterocycles. The van der Waals surface area contributed by atoms with Crippen LogP contribution in [0.25, 0.3) is 0 Å². The number of imidazole rings is 1. The van der Waals surface area contributed by atoms with Crippen LogP contribution >= 0.6 is 7.29 Å². The van der Waals surface area contributed by atoms with Crippen molar-refractivity contribution in [2.75, 3.05) is 6.16 Å². The van der Waals surface area contributed by atoms with E-state index in [-0.39, 0.29) is 0 Å². The largest absolute Gasteiger partial charge is 0.363 e. The van der Waals surface area contributed by atoms with Crippen LogP contribution in [0.4, 0.5) is 0 Å². The fourth-order valence-corrected chi connectivity index (χ4v) is 4.14. The Balaban J connectivity index is 2.16. The zero-order valence-electron chi connectivity index (χ0n) is 8.23. The molecule has 1 aliphatic rings. The van der Waals surface area contributed by atoms with Crippen molar-refractivity contribution in [3.8, 4) is 0 Å². The third-order valence-corrected chi connectivity index (χ3v) is 5.44. The SMILES string of the molecule is CCCC[n+]1ccn2c1P2(=O)CC. The van der Waals surface area contributed by atoms with E-state index in [9.17, 15) is 4.57 Å². The van der Waals surface area contributed by atoms with Crippen LogP contribution in [0.3, 0.4) is 0 Å². The molecule has 1 aliphatic heterocycles. The second-order valence-electron chi connectivity index (χ2n) is 3.51. The van der Waals surface area contributed by atoms with Gasteiger partial charge in [-0.25, -0.2) is 4.57 Å². The highest BCUT2D eigenvalue weighted by Crippen LogP contribution is 2.56. The summed E-state index contributed by atoms with van der Waals surface area (Å²) in [5.41, 5.74) is 1.07. The number of rotatable bonds is 4. The van der Waals surface area contributed by atoms with Crippen LogP contribution < -0.4 is 10.1 Å². The van der Waals surface area contributed by atoms with Crippen LogP contribution in [0.5, 0.6) is 0 Å². The summed E-state index contributed by atoms with van der Waals surface area (Å²) in [7, 11) is -2.02. The van der Waals surface area contributed by atoms with Crippen molar-refractivity contribution in [3.63, 3.8) is 0 Å². The first-order chi connectivity index (χ1) is 6.24. The van der Waals surface area contributed by atoms with E-state index in [2.05, 4.69) is 11.5 Å². The Hall–Kier alpha value is -0.560. The molecule has 0 spiro atoms. The predicted molar refractivity (Wildman–Crippen MR) is 52.7 cm³/mol. The summed E-state index contributed by atoms with van der Waals surface area (Å²) in [5, 5.41) is 0. The second kappa shape index (κ2) is 2.98. The Morgan fingerprint density at radius 2 is 2.31 bits per heavy atom. The zero-order chi connectivity index (χ0) is 9.47. The average molecular weight is 199 g/mol. The van der Waals surface area contributed by atoms with Gasteiger partial charge >= 0.3 is 12.9 Å². The van der Waals surface area contributed by atoms with Gasteiger partial charge in [0.25, 0.3) is 0 Å². The Labute approximate surface area is 78.8 Å². The summed E-state index contributed by atoms with van der Waals surface area (Å²) in [6.07, 6.45) is 7.13. The van der Waals surface area contributed by atoms with E-state index in [4.69, 9.17) is 0 Å². The summed E-state index contributed by atoms with van der Waals surface area (Å²) in [6, 6.07) is 0. The lowest BCUT2D eigenvalue weighted by Crippen LogP contribution is -2.41. The van der Waals surface area contributed by atoms with Gasteiger partial charge in [-0.15, -0.1) is 0 Å². The van der Waals surface area contributed by atoms with Gasteiger partial charge in [0.05, 0.1) is 6.54 Å². The molecule has 1 atom stereocenters. The summed E-state index contributed by atoms with van der Waals surface area (Å²) >= 11 is 0. The standard InChI is InChI=1S/C9H16N2OP/c1-3-5-6-10-7-8-11-9(10)13(11,12)4-2/h7-8H,3-6H2,1-2H3/q+1. The normalized spacial score (nSPS) is 24.5. The van der Waals surface area contributed by atoms with Crippen molar-refractivity contribution in [3.05, 3.63) is 12.4 Å². The molecule has 1 unspecified atom stereocenters. The second-order valence-corrected chi connectivity index (χ2v) is 6.37. The van der Waals surface area contributed by atoms with Gasteiger partial charge < -0.3 is 0 Å². The number of aryl methyl sites for hydroxylation is 1. The van der Waals surface area contributed by atoms with Crippen LogP contribution in [-0.4, -0.2) is 10.5 Å². The molecule has 0 saturated carbocycles. The number of nitrogens with zero attached hydrogens (tertiary/aromatic N) is 2. The fourth-order valence-electron chi connectivity index (χ4n) is 1.75. The van der Waals surface area contributed by atoms with Gasteiger partial charge in [0, 0.05) is 6.16 Å². The van der Waals surface area contributed by atoms with Gasteiger partial charge in [-0.1, -0.05) is 20.3 Å². The minimum Gasteiger partial charge on any atom is -0.260 e. The summed E-state index contributed by atoms with van der Waals surface area (Å²) in [6.45, 7) is 5.19. The Bertz CT molecular complexity index is 370. The van der Waals surface area contributed by atoms with Crippen molar-refractivity contribution >= 4 is 12.9 Å². The summed E-state index contributed by atoms with van der Waals surface area (Å²) < 4.78 is 16.1. The first kappa shape index (κ1) is 9.01. The minimum absolute atomic E-state index is 0.773. The van der Waals surface area contributed by atoms with Gasteiger partial charge in [0.1, 0.15) is 12.4 Å². The molecule has 4 heteroatoms. The molecular weight excluding hydrogens is 183 g/mol. The van der Waals surface area contributed by atoms with E-state index in [1.54, 1.807) is 0 Å². The third kappa shape index (κ3) is 1.18. The van der Waals surface area contributed by atoms with Crippen molar-refractivity contribution in [2.45, 2.75) is 33.2 Å². The van der Waals surface area contributed by atoms with Gasteiger partial charge in [-0.3, -0.25) is 4.57 Å². The molecule has 1 aromatic rings. The lowest BCUT2D eigenvalue weighted by atomic mass is 10.3. The molecule has 0 bridgehead atoms. The molecule has 0 radical (unpaired) electrons. The average Bonchev–Trinajstić information content (AvgIpc) is 2.56. The fraction of sp³-hybridized carbons (Fsp3) is 0.667. The van der Waals surface area contributed by atoms with Crippen LogP contribution in [0, 0.1) is 0 Å². The molecule has 0 saturated heterocycles. The van der Waals surface area contributed by atoms with Crippen LogP contribution in [0.2, 0.25) is 0 Å². The molecule has 13 heavy (non-hydrogen) atoms. The smallest absolute Gasteiger partial charge is 0.260 e. The molecule has 0 fully saturated rings. The van der Waals surface area contributed by atoms with E-state index < -0.39 is 7.29 Å². The molecule has 3 nitrogen and oxygen atoms in total. The molecule has 0 aromatic carbocycles. The molecule has 0 amide bonds. The number of hydrogen-bond acceptors (Lipinski definition) is 1. The Morgan fingerprint density at radius 3 is 2.85 bits per heavy atom. The van der Waals surface area contributed by atoms with Gasteiger partial charge in [-0.2, -0.15) is 4.34 Å². The first-order valence-corrected chi connectivity index (χ1v) is 6.79. The quantitative estimate of drug-likeness (QED) is 0.531. The van der Waals surface area contributed by atoms with Crippen molar-refractivity contribution < 1.29 is 9.13 Å². The lowest BCUT2D eigenvalue weighted by molar-refractivity contribution is -0.677. The van der Waals surface area contributed by atoms with Gasteiger partial charge in [0.2, 0.25) is 0 Å². The van der Waals surface area contributed by atoms with Crippen LogP contribution in [0.1, 0.15) is 26.7 Å². The van der Waals surface area contributed by atoms with Gasteiger partial charge in [-0.05, 0) is 6.42 Å².